The molecule has 0 aromatic rings. The number of carbonyl (C=O) groups excluding carboxylic acids is 1. The van der Waals surface area contributed by atoms with Gasteiger partial charge in [-0.2, -0.15) is 0 Å². The average Bonchev–Trinajstić information content (AvgIpc) is 2.00. The quantitative estimate of drug-likeness (QED) is 0.491. The second-order valence-electron chi connectivity index (χ2n) is 2.71. The number of aliphatic hydroxyl groups is 3. The lowest BCUT2D eigenvalue weighted by Crippen LogP contribution is -2.38. The van der Waals surface area contributed by atoms with Crippen molar-refractivity contribution in [2.45, 2.75) is 26.1 Å². The summed E-state index contributed by atoms with van der Waals surface area (Å²) in [5, 5.41) is 26.7. The smallest absolute Gasteiger partial charge is 0.160 e. The van der Waals surface area contributed by atoms with Crippen LogP contribution in [-0.4, -0.2) is 39.9 Å². The number of aliphatic hydroxyl groups excluding tert-OH is 3. The summed E-state index contributed by atoms with van der Waals surface area (Å²) in [6, 6.07) is 0. The van der Waals surface area contributed by atoms with E-state index in [0.29, 0.717) is 0 Å². The summed E-state index contributed by atoms with van der Waals surface area (Å²) >= 11 is 0. The van der Waals surface area contributed by atoms with Gasteiger partial charge in [-0.3, -0.25) is 4.79 Å². The van der Waals surface area contributed by atoms with Crippen molar-refractivity contribution in [3.05, 3.63) is 0 Å². The van der Waals surface area contributed by atoms with Crippen molar-refractivity contribution in [1.82, 2.24) is 0 Å². The molecule has 3 N–H and O–H groups in total. The van der Waals surface area contributed by atoms with Crippen molar-refractivity contribution >= 4 is 5.78 Å². The summed E-state index contributed by atoms with van der Waals surface area (Å²) in [6.07, 6.45) is -2.55. The second-order valence-corrected chi connectivity index (χ2v) is 2.71. The zero-order chi connectivity index (χ0) is 9.02. The van der Waals surface area contributed by atoms with E-state index in [2.05, 4.69) is 0 Å². The fourth-order valence-corrected chi connectivity index (χ4v) is 0.660. The molecule has 0 aromatic carbocycles. The largest absolute Gasteiger partial charge is 0.396 e. The van der Waals surface area contributed by atoms with Crippen molar-refractivity contribution in [1.29, 1.82) is 0 Å². The van der Waals surface area contributed by atoms with Crippen LogP contribution in [0.5, 0.6) is 0 Å². The predicted octanol–water partition coefficient (Wildman–Crippen LogP) is -1.07. The Morgan fingerprint density at radius 3 is 2.18 bits per heavy atom. The number of hydrogen-bond acceptors (Lipinski definition) is 4. The van der Waals surface area contributed by atoms with Gasteiger partial charge in [0.05, 0.1) is 6.10 Å². The third-order valence-electron chi connectivity index (χ3n) is 1.61. The highest BCUT2D eigenvalue weighted by Crippen LogP contribution is 2.06. The molecule has 0 amide bonds. The molecule has 0 aliphatic heterocycles. The van der Waals surface area contributed by atoms with Crippen LogP contribution in [0.3, 0.4) is 0 Å². The molecule has 0 aliphatic rings. The molecule has 0 saturated heterocycles. The molecule has 0 rings (SSSR count). The fourth-order valence-electron chi connectivity index (χ4n) is 0.660. The van der Waals surface area contributed by atoms with Crippen LogP contribution in [0.15, 0.2) is 0 Å². The Morgan fingerprint density at radius 2 is 1.91 bits per heavy atom. The average molecular weight is 162 g/mol. The van der Waals surface area contributed by atoms with Crippen LogP contribution >= 0.6 is 0 Å². The number of Topliss-reactive ketones (excluding diaryl/α,β-unsaturated/α-hetero) is 1. The Kier molecular flexibility index (Phi) is 4.25. The van der Waals surface area contributed by atoms with Gasteiger partial charge in [-0.05, 0) is 6.92 Å². The molecule has 0 heterocycles. The van der Waals surface area contributed by atoms with Gasteiger partial charge in [0.15, 0.2) is 5.78 Å². The Morgan fingerprint density at radius 1 is 1.45 bits per heavy atom. The van der Waals surface area contributed by atoms with E-state index in [-0.39, 0.29) is 6.61 Å². The van der Waals surface area contributed by atoms with E-state index in [1.165, 1.54) is 6.92 Å². The maximum atomic E-state index is 10.5. The summed E-state index contributed by atoms with van der Waals surface area (Å²) in [6.45, 7) is 2.50. The number of ketones is 1. The molecule has 66 valence electrons. The van der Waals surface area contributed by atoms with E-state index in [0.717, 1.165) is 0 Å². The van der Waals surface area contributed by atoms with Crippen LogP contribution in [0.25, 0.3) is 0 Å². The summed E-state index contributed by atoms with van der Waals surface area (Å²) in [7, 11) is 0. The van der Waals surface area contributed by atoms with Crippen LogP contribution in [-0.2, 0) is 4.79 Å². The van der Waals surface area contributed by atoms with E-state index < -0.39 is 23.9 Å². The Balaban J connectivity index is 4.00. The highest BCUT2D eigenvalue weighted by Gasteiger charge is 2.25. The first-order chi connectivity index (χ1) is 5.00. The topological polar surface area (TPSA) is 77.8 Å². The van der Waals surface area contributed by atoms with Gasteiger partial charge in [0, 0.05) is 12.5 Å². The zero-order valence-corrected chi connectivity index (χ0v) is 6.69. The van der Waals surface area contributed by atoms with Gasteiger partial charge in [0.1, 0.15) is 6.10 Å². The lowest BCUT2D eigenvalue weighted by atomic mass is 9.99. The normalized spacial score (nSPS) is 19.0. The molecule has 0 fully saturated rings. The van der Waals surface area contributed by atoms with Gasteiger partial charge < -0.3 is 15.3 Å². The van der Waals surface area contributed by atoms with Crippen LogP contribution in [0.4, 0.5) is 0 Å². The van der Waals surface area contributed by atoms with Gasteiger partial charge in [0.25, 0.3) is 0 Å². The number of hydrogen-bond donors (Lipinski definition) is 3. The molecule has 0 bridgehead atoms. The molecule has 2 unspecified atom stereocenters. The van der Waals surface area contributed by atoms with E-state index in [9.17, 15) is 4.79 Å². The van der Waals surface area contributed by atoms with Crippen LogP contribution in [0.2, 0.25) is 0 Å². The molecular weight excluding hydrogens is 148 g/mol. The standard InChI is InChI=1S/C7H14O4/c1-4(3-8)6(10)7(11)5(2)9/h4,6-8,10-11H,3H2,1-2H3/t4?,6?,7-/m1/s1. The highest BCUT2D eigenvalue weighted by atomic mass is 16.3. The third-order valence-corrected chi connectivity index (χ3v) is 1.61. The molecule has 4 nitrogen and oxygen atoms in total. The van der Waals surface area contributed by atoms with Gasteiger partial charge in [0.2, 0.25) is 0 Å². The monoisotopic (exact) mass is 162 g/mol. The summed E-state index contributed by atoms with van der Waals surface area (Å²) in [5.41, 5.74) is 0. The van der Waals surface area contributed by atoms with E-state index >= 15 is 0 Å². The summed E-state index contributed by atoms with van der Waals surface area (Å²) in [5.74, 6) is -0.966. The summed E-state index contributed by atoms with van der Waals surface area (Å²) in [4.78, 5) is 10.5. The SMILES string of the molecule is CC(=O)[C@@H](O)C(O)C(C)CO. The van der Waals surface area contributed by atoms with Crippen molar-refractivity contribution in [3.8, 4) is 0 Å². The molecule has 11 heavy (non-hydrogen) atoms. The molecule has 0 radical (unpaired) electrons. The van der Waals surface area contributed by atoms with E-state index in [1.54, 1.807) is 6.92 Å². The van der Waals surface area contributed by atoms with Crippen LogP contribution in [0.1, 0.15) is 13.8 Å². The van der Waals surface area contributed by atoms with Crippen molar-refractivity contribution < 1.29 is 20.1 Å². The molecule has 0 aromatic heterocycles. The summed E-state index contributed by atoms with van der Waals surface area (Å²) < 4.78 is 0. The third kappa shape index (κ3) is 2.96. The predicted molar refractivity (Wildman–Crippen MR) is 38.9 cm³/mol. The van der Waals surface area contributed by atoms with Gasteiger partial charge in [-0.1, -0.05) is 6.92 Å². The number of carbonyl (C=O) groups is 1. The van der Waals surface area contributed by atoms with Crippen molar-refractivity contribution in [3.63, 3.8) is 0 Å². The first kappa shape index (κ1) is 10.6. The van der Waals surface area contributed by atoms with Gasteiger partial charge in [-0.25, -0.2) is 0 Å². The first-order valence-electron chi connectivity index (χ1n) is 3.48. The van der Waals surface area contributed by atoms with Crippen LogP contribution in [0, 0.1) is 5.92 Å². The molecule has 0 spiro atoms. The zero-order valence-electron chi connectivity index (χ0n) is 6.69. The van der Waals surface area contributed by atoms with E-state index in [1.807, 2.05) is 0 Å². The van der Waals surface area contributed by atoms with Crippen LogP contribution < -0.4 is 0 Å². The van der Waals surface area contributed by atoms with Crippen molar-refractivity contribution in [2.24, 2.45) is 5.92 Å². The Labute approximate surface area is 65.5 Å². The molecular formula is C7H14O4. The minimum absolute atomic E-state index is 0.245. The molecule has 3 atom stereocenters. The Hall–Kier alpha value is -0.450. The Bertz CT molecular complexity index is 134. The fraction of sp³-hybridized carbons (Fsp3) is 0.857. The van der Waals surface area contributed by atoms with E-state index in [4.69, 9.17) is 15.3 Å². The maximum Gasteiger partial charge on any atom is 0.160 e. The number of rotatable bonds is 4. The molecule has 0 aliphatic carbocycles. The van der Waals surface area contributed by atoms with Gasteiger partial charge in [-0.15, -0.1) is 0 Å². The highest BCUT2D eigenvalue weighted by molar-refractivity contribution is 5.80. The van der Waals surface area contributed by atoms with Gasteiger partial charge >= 0.3 is 0 Å². The minimum atomic E-state index is -1.38. The second kappa shape index (κ2) is 4.43. The lowest BCUT2D eigenvalue weighted by molar-refractivity contribution is -0.133. The lowest BCUT2D eigenvalue weighted by Gasteiger charge is -2.19. The minimum Gasteiger partial charge on any atom is -0.396 e. The van der Waals surface area contributed by atoms with Crippen molar-refractivity contribution in [2.75, 3.05) is 6.61 Å². The molecule has 4 heteroatoms. The first-order valence-corrected chi connectivity index (χ1v) is 3.48. The molecule has 0 saturated carbocycles. The maximum absolute atomic E-state index is 10.5.